The third-order valence-electron chi connectivity index (χ3n) is 2.27. The molecular weight excluding hydrogens is 334 g/mol. The molecule has 19 heavy (non-hydrogen) atoms. The summed E-state index contributed by atoms with van der Waals surface area (Å²) in [6.45, 7) is 0. The van der Waals surface area contributed by atoms with Gasteiger partial charge in [-0.05, 0) is 39.7 Å². The van der Waals surface area contributed by atoms with Crippen LogP contribution in [0.3, 0.4) is 0 Å². The number of hydrogen-bond acceptors (Lipinski definition) is 3. The van der Waals surface area contributed by atoms with Crippen molar-refractivity contribution in [3.63, 3.8) is 0 Å². The van der Waals surface area contributed by atoms with Crippen LogP contribution in [-0.4, -0.2) is 16.1 Å². The maximum absolute atomic E-state index is 10.6. The van der Waals surface area contributed by atoms with Crippen LogP contribution < -0.4 is 4.74 Å². The van der Waals surface area contributed by atoms with Crippen LogP contribution in [0.4, 0.5) is 0 Å². The van der Waals surface area contributed by atoms with E-state index in [2.05, 4.69) is 20.9 Å². The fraction of sp³-hybridized carbons (Fsp3) is 0.0769. The van der Waals surface area contributed by atoms with E-state index in [4.69, 9.17) is 21.4 Å². The molecule has 0 aliphatic carbocycles. The lowest BCUT2D eigenvalue weighted by Gasteiger charge is -2.07. The Morgan fingerprint density at radius 3 is 2.63 bits per heavy atom. The normalized spacial score (nSPS) is 10.2. The predicted octanol–water partition coefficient (Wildman–Crippen LogP) is 3.92. The van der Waals surface area contributed by atoms with Crippen LogP contribution in [0.15, 0.2) is 41.0 Å². The van der Waals surface area contributed by atoms with E-state index in [0.29, 0.717) is 22.2 Å². The smallest absolute Gasteiger partial charge is 0.307 e. The largest absolute Gasteiger partial charge is 0.481 e. The average Bonchev–Trinajstić information content (AvgIpc) is 2.34. The number of carboxylic acids is 1. The van der Waals surface area contributed by atoms with Gasteiger partial charge in [-0.25, -0.2) is 4.98 Å². The molecule has 6 heteroatoms. The van der Waals surface area contributed by atoms with E-state index in [0.717, 1.165) is 4.47 Å². The molecule has 0 fully saturated rings. The number of pyridine rings is 1. The number of aromatic nitrogens is 1. The van der Waals surface area contributed by atoms with Gasteiger partial charge in [0.15, 0.2) is 0 Å². The molecule has 2 aromatic rings. The van der Waals surface area contributed by atoms with E-state index in [1.807, 2.05) is 0 Å². The minimum absolute atomic E-state index is 0.0163. The molecule has 0 atom stereocenters. The molecule has 0 spiro atoms. The van der Waals surface area contributed by atoms with Gasteiger partial charge in [-0.3, -0.25) is 4.79 Å². The Balaban J connectivity index is 2.13. The highest BCUT2D eigenvalue weighted by Gasteiger charge is 2.06. The number of carboxylic acid groups (broad SMARTS) is 1. The summed E-state index contributed by atoms with van der Waals surface area (Å²) in [6.07, 6.45) is 1.57. The van der Waals surface area contributed by atoms with Gasteiger partial charge < -0.3 is 9.84 Å². The molecule has 0 aliphatic heterocycles. The molecule has 2 rings (SSSR count). The van der Waals surface area contributed by atoms with Gasteiger partial charge in [0.2, 0.25) is 5.88 Å². The summed E-state index contributed by atoms with van der Waals surface area (Å²) in [7, 11) is 0. The Bertz CT molecular complexity index is 601. The van der Waals surface area contributed by atoms with Crippen molar-refractivity contribution in [2.75, 3.05) is 0 Å². The molecule has 1 aromatic carbocycles. The van der Waals surface area contributed by atoms with Crippen LogP contribution in [0.25, 0.3) is 0 Å². The molecule has 0 radical (unpaired) electrons. The fourth-order valence-corrected chi connectivity index (χ4v) is 2.11. The van der Waals surface area contributed by atoms with Crippen molar-refractivity contribution in [2.45, 2.75) is 6.42 Å². The van der Waals surface area contributed by atoms with Gasteiger partial charge >= 0.3 is 5.97 Å². The van der Waals surface area contributed by atoms with Crippen molar-refractivity contribution in [2.24, 2.45) is 0 Å². The summed E-state index contributed by atoms with van der Waals surface area (Å²) in [5, 5.41) is 9.06. The molecular formula is C13H9BrClNO3. The molecule has 0 amide bonds. The zero-order chi connectivity index (χ0) is 13.8. The van der Waals surface area contributed by atoms with E-state index in [1.54, 1.807) is 36.5 Å². The second-order valence-corrected chi connectivity index (χ2v) is 5.08. The number of aliphatic carboxylic acids is 1. The summed E-state index contributed by atoms with van der Waals surface area (Å²) in [4.78, 5) is 14.6. The molecule has 98 valence electrons. The predicted molar refractivity (Wildman–Crippen MR) is 74.8 cm³/mol. The van der Waals surface area contributed by atoms with Gasteiger partial charge in [0, 0.05) is 10.7 Å². The van der Waals surface area contributed by atoms with Crippen LogP contribution in [0, 0.1) is 0 Å². The number of nitrogens with zero attached hydrogens (tertiary/aromatic N) is 1. The first kappa shape index (κ1) is 13.8. The van der Waals surface area contributed by atoms with Gasteiger partial charge in [-0.2, -0.15) is 0 Å². The highest BCUT2D eigenvalue weighted by molar-refractivity contribution is 9.10. The first-order chi connectivity index (χ1) is 9.04. The van der Waals surface area contributed by atoms with Crippen LogP contribution in [-0.2, 0) is 11.2 Å². The van der Waals surface area contributed by atoms with Gasteiger partial charge in [0.1, 0.15) is 10.8 Å². The molecule has 0 unspecified atom stereocenters. The highest BCUT2D eigenvalue weighted by Crippen LogP contribution is 2.29. The zero-order valence-electron chi connectivity index (χ0n) is 9.64. The van der Waals surface area contributed by atoms with Gasteiger partial charge in [-0.1, -0.05) is 23.7 Å². The van der Waals surface area contributed by atoms with E-state index < -0.39 is 5.97 Å². The Morgan fingerprint density at radius 1 is 1.37 bits per heavy atom. The molecule has 0 saturated carbocycles. The Labute approximate surface area is 123 Å². The zero-order valence-corrected chi connectivity index (χ0v) is 12.0. The third kappa shape index (κ3) is 3.94. The fourth-order valence-electron chi connectivity index (χ4n) is 1.44. The number of benzene rings is 1. The van der Waals surface area contributed by atoms with E-state index in [-0.39, 0.29) is 6.42 Å². The summed E-state index contributed by atoms with van der Waals surface area (Å²) in [5.74, 6) is -0.0204. The van der Waals surface area contributed by atoms with Gasteiger partial charge in [0.25, 0.3) is 0 Å². The Morgan fingerprint density at radius 2 is 2.05 bits per heavy atom. The lowest BCUT2D eigenvalue weighted by Crippen LogP contribution is -1.99. The minimum atomic E-state index is -0.869. The molecule has 1 N–H and O–H groups in total. The standard InChI is InChI=1S/C13H9BrClNO3/c14-9-6-11(15)13(16-7-9)19-10-3-1-8(2-4-10)5-12(17)18/h1-4,6-7H,5H2,(H,17,18). The number of hydrogen-bond donors (Lipinski definition) is 1. The summed E-state index contributed by atoms with van der Waals surface area (Å²) in [6, 6.07) is 8.42. The molecule has 4 nitrogen and oxygen atoms in total. The van der Waals surface area contributed by atoms with Crippen molar-refractivity contribution in [1.29, 1.82) is 0 Å². The van der Waals surface area contributed by atoms with Crippen LogP contribution in [0.1, 0.15) is 5.56 Å². The Hall–Kier alpha value is -1.59. The minimum Gasteiger partial charge on any atom is -0.481 e. The first-order valence-electron chi connectivity index (χ1n) is 5.34. The van der Waals surface area contributed by atoms with Crippen molar-refractivity contribution in [3.05, 3.63) is 51.6 Å². The number of halogens is 2. The van der Waals surface area contributed by atoms with Gasteiger partial charge in [0.05, 0.1) is 6.42 Å². The van der Waals surface area contributed by atoms with Crippen molar-refractivity contribution in [3.8, 4) is 11.6 Å². The maximum atomic E-state index is 10.6. The first-order valence-corrected chi connectivity index (χ1v) is 6.51. The molecule has 1 aromatic heterocycles. The lowest BCUT2D eigenvalue weighted by atomic mass is 10.1. The lowest BCUT2D eigenvalue weighted by molar-refractivity contribution is -0.136. The van der Waals surface area contributed by atoms with Crippen LogP contribution in [0.2, 0.25) is 5.02 Å². The van der Waals surface area contributed by atoms with E-state index >= 15 is 0 Å². The SMILES string of the molecule is O=C(O)Cc1ccc(Oc2ncc(Br)cc2Cl)cc1. The third-order valence-corrected chi connectivity index (χ3v) is 2.97. The second-order valence-electron chi connectivity index (χ2n) is 3.76. The average molecular weight is 343 g/mol. The van der Waals surface area contributed by atoms with Crippen LogP contribution in [0.5, 0.6) is 11.6 Å². The summed E-state index contributed by atoms with van der Waals surface area (Å²) < 4.78 is 6.28. The maximum Gasteiger partial charge on any atom is 0.307 e. The summed E-state index contributed by atoms with van der Waals surface area (Å²) in [5.41, 5.74) is 0.703. The van der Waals surface area contributed by atoms with Gasteiger partial charge in [-0.15, -0.1) is 0 Å². The quantitative estimate of drug-likeness (QED) is 0.915. The van der Waals surface area contributed by atoms with E-state index in [9.17, 15) is 4.79 Å². The van der Waals surface area contributed by atoms with E-state index in [1.165, 1.54) is 0 Å². The number of rotatable bonds is 4. The molecule has 1 heterocycles. The molecule has 0 bridgehead atoms. The number of ether oxygens (including phenoxy) is 1. The highest BCUT2D eigenvalue weighted by atomic mass is 79.9. The number of carbonyl (C=O) groups is 1. The Kier molecular flexibility index (Phi) is 4.39. The summed E-state index contributed by atoms with van der Waals surface area (Å²) >= 11 is 9.24. The van der Waals surface area contributed by atoms with Crippen molar-refractivity contribution in [1.82, 2.24) is 4.98 Å². The van der Waals surface area contributed by atoms with Crippen LogP contribution >= 0.6 is 27.5 Å². The molecule has 0 saturated heterocycles. The second kappa shape index (κ2) is 6.04. The molecule has 0 aliphatic rings. The van der Waals surface area contributed by atoms with Crippen molar-refractivity contribution >= 4 is 33.5 Å². The van der Waals surface area contributed by atoms with Crippen molar-refractivity contribution < 1.29 is 14.6 Å². The monoisotopic (exact) mass is 341 g/mol. The topological polar surface area (TPSA) is 59.4 Å².